The molecule has 4 nitrogen and oxygen atoms in total. The molecule has 1 amide bonds. The van der Waals surface area contributed by atoms with Gasteiger partial charge in [-0.15, -0.1) is 0 Å². The van der Waals surface area contributed by atoms with E-state index in [-0.39, 0.29) is 12.5 Å². The largest absolute Gasteiger partial charge is 0.484 e. The van der Waals surface area contributed by atoms with Crippen molar-refractivity contribution in [2.24, 2.45) is 5.10 Å². The van der Waals surface area contributed by atoms with Crippen molar-refractivity contribution >= 4 is 23.5 Å². The van der Waals surface area contributed by atoms with Crippen molar-refractivity contribution in [1.82, 2.24) is 5.43 Å². The van der Waals surface area contributed by atoms with Crippen molar-refractivity contribution in [3.8, 4) is 5.75 Å². The molecule has 1 heterocycles. The number of ether oxygens (including phenoxy) is 1. The molecule has 0 aliphatic carbocycles. The first-order valence-electron chi connectivity index (χ1n) is 6.34. The third-order valence-corrected chi connectivity index (χ3v) is 3.35. The normalized spacial score (nSPS) is 10.7. The average Bonchev–Trinajstić information content (AvgIpc) is 2.99. The summed E-state index contributed by atoms with van der Waals surface area (Å²) in [5.74, 6) is 0.398. The maximum Gasteiger partial charge on any atom is 0.277 e. The molecule has 0 aliphatic rings. The molecule has 1 aromatic carbocycles. The highest BCUT2D eigenvalue weighted by Crippen LogP contribution is 2.12. The van der Waals surface area contributed by atoms with Crippen LogP contribution in [0.3, 0.4) is 0 Å². The highest BCUT2D eigenvalue weighted by atomic mass is 32.1. The van der Waals surface area contributed by atoms with Crippen LogP contribution < -0.4 is 10.2 Å². The number of hydrogen-bond donors (Lipinski definition) is 1. The molecule has 0 aliphatic heterocycles. The van der Waals surface area contributed by atoms with Gasteiger partial charge in [-0.25, -0.2) is 5.43 Å². The van der Waals surface area contributed by atoms with Crippen LogP contribution in [0, 0.1) is 0 Å². The number of aryl methyl sites for hydroxylation is 1. The first-order valence-corrected chi connectivity index (χ1v) is 7.28. The molecule has 0 atom stereocenters. The molecule has 0 spiro atoms. The van der Waals surface area contributed by atoms with Gasteiger partial charge < -0.3 is 4.74 Å². The van der Waals surface area contributed by atoms with Crippen molar-refractivity contribution in [3.63, 3.8) is 0 Å². The summed E-state index contributed by atoms with van der Waals surface area (Å²) < 4.78 is 5.37. The molecule has 0 unspecified atom stereocenters. The summed E-state index contributed by atoms with van der Waals surface area (Å²) in [5.41, 5.74) is 4.63. The molecule has 104 valence electrons. The number of rotatable bonds is 6. The number of carbonyl (C=O) groups excluding carboxylic acids is 1. The molecule has 1 N–H and O–H groups in total. The van der Waals surface area contributed by atoms with Gasteiger partial charge in [-0.2, -0.15) is 16.4 Å². The standard InChI is InChI=1S/C15H16N2O2S/c1-2-12-3-5-14(6-4-12)19-10-15(18)17-16-9-13-7-8-20-11-13/h3-9,11H,2,10H2,1H3,(H,17,18)/b16-9-. The number of amides is 1. The van der Waals surface area contributed by atoms with Gasteiger partial charge in [0.25, 0.3) is 5.91 Å². The highest BCUT2D eigenvalue weighted by Gasteiger charge is 2.01. The molecule has 0 saturated heterocycles. The van der Waals surface area contributed by atoms with Crippen molar-refractivity contribution in [2.45, 2.75) is 13.3 Å². The highest BCUT2D eigenvalue weighted by molar-refractivity contribution is 7.08. The van der Waals surface area contributed by atoms with E-state index in [9.17, 15) is 4.79 Å². The van der Waals surface area contributed by atoms with Gasteiger partial charge in [-0.05, 0) is 40.9 Å². The maximum atomic E-state index is 11.5. The molecule has 5 heteroatoms. The number of thiophene rings is 1. The van der Waals surface area contributed by atoms with Crippen LogP contribution in [0.25, 0.3) is 0 Å². The maximum absolute atomic E-state index is 11.5. The second-order valence-corrected chi connectivity index (χ2v) is 4.92. The summed E-state index contributed by atoms with van der Waals surface area (Å²) in [7, 11) is 0. The summed E-state index contributed by atoms with van der Waals surface area (Å²) in [4.78, 5) is 11.5. The van der Waals surface area contributed by atoms with Gasteiger partial charge in [-0.1, -0.05) is 19.1 Å². The predicted octanol–water partition coefficient (Wildman–Crippen LogP) is 2.84. The van der Waals surface area contributed by atoms with Crippen LogP contribution in [0.1, 0.15) is 18.1 Å². The third-order valence-electron chi connectivity index (χ3n) is 2.65. The van der Waals surface area contributed by atoms with Crippen LogP contribution in [0.15, 0.2) is 46.2 Å². The number of nitrogens with one attached hydrogen (secondary N) is 1. The van der Waals surface area contributed by atoms with E-state index in [0.717, 1.165) is 12.0 Å². The van der Waals surface area contributed by atoms with Gasteiger partial charge >= 0.3 is 0 Å². The SMILES string of the molecule is CCc1ccc(OCC(=O)N/N=C\c2ccsc2)cc1. The number of carbonyl (C=O) groups is 1. The van der Waals surface area contributed by atoms with E-state index in [4.69, 9.17) is 4.74 Å². The van der Waals surface area contributed by atoms with Crippen LogP contribution in [-0.2, 0) is 11.2 Å². The van der Waals surface area contributed by atoms with E-state index in [1.165, 1.54) is 5.56 Å². The minimum absolute atomic E-state index is 0.0492. The zero-order valence-electron chi connectivity index (χ0n) is 11.2. The van der Waals surface area contributed by atoms with Gasteiger partial charge in [0.15, 0.2) is 6.61 Å². The minimum Gasteiger partial charge on any atom is -0.484 e. The minimum atomic E-state index is -0.281. The van der Waals surface area contributed by atoms with Gasteiger partial charge in [-0.3, -0.25) is 4.79 Å². The fourth-order valence-electron chi connectivity index (χ4n) is 1.53. The van der Waals surface area contributed by atoms with Crippen molar-refractivity contribution < 1.29 is 9.53 Å². The van der Waals surface area contributed by atoms with E-state index in [1.807, 2.05) is 41.1 Å². The summed E-state index contributed by atoms with van der Waals surface area (Å²) in [6, 6.07) is 9.62. The van der Waals surface area contributed by atoms with Crippen LogP contribution in [0.5, 0.6) is 5.75 Å². The average molecular weight is 288 g/mol. The van der Waals surface area contributed by atoms with Gasteiger partial charge in [0, 0.05) is 5.56 Å². The molecule has 0 bridgehead atoms. The summed E-state index contributed by atoms with van der Waals surface area (Å²) in [6.45, 7) is 2.04. The topological polar surface area (TPSA) is 50.7 Å². The Balaban J connectivity index is 1.74. The second kappa shape index (κ2) is 7.45. The zero-order valence-corrected chi connectivity index (χ0v) is 12.0. The van der Waals surface area contributed by atoms with E-state index < -0.39 is 0 Å². The van der Waals surface area contributed by atoms with Gasteiger partial charge in [0.2, 0.25) is 0 Å². The molecule has 2 rings (SSSR count). The summed E-state index contributed by atoms with van der Waals surface area (Å²) >= 11 is 1.58. The Hall–Kier alpha value is -2.14. The molecule has 0 fully saturated rings. The molecule has 1 aromatic heterocycles. The van der Waals surface area contributed by atoms with E-state index in [1.54, 1.807) is 17.6 Å². The molecule has 0 radical (unpaired) electrons. The fraction of sp³-hybridized carbons (Fsp3) is 0.200. The number of hydrogen-bond acceptors (Lipinski definition) is 4. The van der Waals surface area contributed by atoms with Crippen LogP contribution >= 0.6 is 11.3 Å². The number of nitrogens with zero attached hydrogens (tertiary/aromatic N) is 1. The van der Waals surface area contributed by atoms with Crippen LogP contribution in [-0.4, -0.2) is 18.7 Å². The first-order chi connectivity index (χ1) is 9.78. The Labute approximate surface area is 122 Å². The molecule has 2 aromatic rings. The second-order valence-electron chi connectivity index (χ2n) is 4.14. The summed E-state index contributed by atoms with van der Waals surface area (Å²) in [5, 5.41) is 7.75. The lowest BCUT2D eigenvalue weighted by Gasteiger charge is -2.05. The van der Waals surface area contributed by atoms with Gasteiger partial charge in [0.05, 0.1) is 6.21 Å². The lowest BCUT2D eigenvalue weighted by Crippen LogP contribution is -2.24. The smallest absolute Gasteiger partial charge is 0.277 e. The Morgan fingerprint density at radius 3 is 2.80 bits per heavy atom. The fourth-order valence-corrected chi connectivity index (χ4v) is 2.14. The van der Waals surface area contributed by atoms with Crippen LogP contribution in [0.4, 0.5) is 0 Å². The molecular formula is C15H16N2O2S. The van der Waals surface area contributed by atoms with Crippen molar-refractivity contribution in [3.05, 3.63) is 52.2 Å². The van der Waals surface area contributed by atoms with Gasteiger partial charge in [0.1, 0.15) is 5.75 Å². The lowest BCUT2D eigenvalue weighted by molar-refractivity contribution is -0.123. The quantitative estimate of drug-likeness (QED) is 0.656. The van der Waals surface area contributed by atoms with Crippen molar-refractivity contribution in [2.75, 3.05) is 6.61 Å². The first kappa shape index (κ1) is 14.3. The Kier molecular flexibility index (Phi) is 5.32. The van der Waals surface area contributed by atoms with E-state index in [0.29, 0.717) is 5.75 Å². The number of hydrazone groups is 1. The zero-order chi connectivity index (χ0) is 14.2. The Morgan fingerprint density at radius 1 is 1.35 bits per heavy atom. The third kappa shape index (κ3) is 4.51. The Bertz CT molecular complexity index is 562. The van der Waals surface area contributed by atoms with E-state index in [2.05, 4.69) is 17.5 Å². The van der Waals surface area contributed by atoms with Crippen molar-refractivity contribution in [1.29, 1.82) is 0 Å². The number of benzene rings is 1. The molecule has 20 heavy (non-hydrogen) atoms. The summed E-state index contributed by atoms with van der Waals surface area (Å²) in [6.07, 6.45) is 2.59. The monoisotopic (exact) mass is 288 g/mol. The molecular weight excluding hydrogens is 272 g/mol. The van der Waals surface area contributed by atoms with Crippen LogP contribution in [0.2, 0.25) is 0 Å². The predicted molar refractivity (Wildman–Crippen MR) is 81.4 cm³/mol. The lowest BCUT2D eigenvalue weighted by atomic mass is 10.2. The molecule has 0 saturated carbocycles. The Morgan fingerprint density at radius 2 is 2.15 bits per heavy atom. The van der Waals surface area contributed by atoms with E-state index >= 15 is 0 Å².